The lowest BCUT2D eigenvalue weighted by Gasteiger charge is -1.93. The molecule has 0 saturated carbocycles. The standard InChI is InChI=1S/C5H8N2O/c1-5-3-7(8-2)4-6-5/h3-4H,1-2H3. The number of imidazole rings is 1. The van der Waals surface area contributed by atoms with Gasteiger partial charge in [-0.15, -0.1) is 0 Å². The summed E-state index contributed by atoms with van der Waals surface area (Å²) >= 11 is 0. The second kappa shape index (κ2) is 1.86. The third-order valence-electron chi connectivity index (χ3n) is 0.900. The highest BCUT2D eigenvalue weighted by molar-refractivity contribution is 4.89. The van der Waals surface area contributed by atoms with Crippen LogP contribution in [0.15, 0.2) is 12.5 Å². The van der Waals surface area contributed by atoms with Gasteiger partial charge >= 0.3 is 0 Å². The van der Waals surface area contributed by atoms with Crippen LogP contribution in [0.4, 0.5) is 0 Å². The molecule has 1 heterocycles. The van der Waals surface area contributed by atoms with Crippen molar-refractivity contribution < 1.29 is 4.84 Å². The molecule has 0 saturated heterocycles. The average molecular weight is 112 g/mol. The van der Waals surface area contributed by atoms with E-state index in [-0.39, 0.29) is 0 Å². The second-order valence-electron chi connectivity index (χ2n) is 1.56. The molecule has 1 aromatic rings. The zero-order valence-corrected chi connectivity index (χ0v) is 4.96. The fourth-order valence-corrected chi connectivity index (χ4v) is 0.499. The van der Waals surface area contributed by atoms with Crippen molar-refractivity contribution in [2.24, 2.45) is 0 Å². The molecular weight excluding hydrogens is 104 g/mol. The van der Waals surface area contributed by atoms with Crippen LogP contribution in [-0.2, 0) is 0 Å². The lowest BCUT2D eigenvalue weighted by Crippen LogP contribution is -2.00. The first-order chi connectivity index (χ1) is 3.83. The molecule has 0 N–H and O–H groups in total. The normalized spacial score (nSPS) is 9.25. The third kappa shape index (κ3) is 0.804. The van der Waals surface area contributed by atoms with Crippen molar-refractivity contribution in [3.63, 3.8) is 0 Å². The van der Waals surface area contributed by atoms with E-state index < -0.39 is 0 Å². The Morgan fingerprint density at radius 3 is 2.75 bits per heavy atom. The van der Waals surface area contributed by atoms with Gasteiger partial charge in [-0.25, -0.2) is 4.98 Å². The number of aromatic nitrogens is 2. The largest absolute Gasteiger partial charge is 0.416 e. The van der Waals surface area contributed by atoms with Crippen LogP contribution in [0, 0.1) is 6.92 Å². The van der Waals surface area contributed by atoms with E-state index in [1.165, 1.54) is 0 Å². The first kappa shape index (κ1) is 5.15. The molecule has 0 radical (unpaired) electrons. The fourth-order valence-electron chi connectivity index (χ4n) is 0.499. The molecule has 44 valence electrons. The van der Waals surface area contributed by atoms with Gasteiger partial charge in [0, 0.05) is 0 Å². The van der Waals surface area contributed by atoms with E-state index in [9.17, 15) is 0 Å². The van der Waals surface area contributed by atoms with Gasteiger partial charge in [-0.05, 0) is 6.92 Å². The fraction of sp³-hybridized carbons (Fsp3) is 0.400. The summed E-state index contributed by atoms with van der Waals surface area (Å²) in [4.78, 5) is 8.71. The smallest absolute Gasteiger partial charge is 0.132 e. The molecule has 0 fully saturated rings. The Balaban J connectivity index is 2.84. The summed E-state index contributed by atoms with van der Waals surface area (Å²) in [5.41, 5.74) is 0.965. The van der Waals surface area contributed by atoms with Crippen LogP contribution in [-0.4, -0.2) is 16.8 Å². The summed E-state index contributed by atoms with van der Waals surface area (Å²) in [5, 5.41) is 0. The van der Waals surface area contributed by atoms with Crippen molar-refractivity contribution in [2.75, 3.05) is 7.11 Å². The van der Waals surface area contributed by atoms with Crippen LogP contribution in [0.3, 0.4) is 0 Å². The summed E-state index contributed by atoms with van der Waals surface area (Å²) in [6, 6.07) is 0. The maximum absolute atomic E-state index is 4.79. The number of aryl methyl sites for hydroxylation is 1. The van der Waals surface area contributed by atoms with Gasteiger partial charge in [0.2, 0.25) is 0 Å². The van der Waals surface area contributed by atoms with Crippen molar-refractivity contribution in [3.05, 3.63) is 18.2 Å². The SMILES string of the molecule is COn1cnc(C)c1. The summed E-state index contributed by atoms with van der Waals surface area (Å²) < 4.78 is 1.55. The molecule has 0 bridgehead atoms. The van der Waals surface area contributed by atoms with Crippen molar-refractivity contribution in [3.8, 4) is 0 Å². The Kier molecular flexibility index (Phi) is 1.20. The van der Waals surface area contributed by atoms with Crippen molar-refractivity contribution in [2.45, 2.75) is 6.92 Å². The van der Waals surface area contributed by atoms with Crippen LogP contribution >= 0.6 is 0 Å². The van der Waals surface area contributed by atoms with E-state index in [0.717, 1.165) is 5.69 Å². The van der Waals surface area contributed by atoms with Crippen LogP contribution in [0.5, 0.6) is 0 Å². The van der Waals surface area contributed by atoms with Gasteiger partial charge in [-0.1, -0.05) is 0 Å². The molecule has 0 aliphatic carbocycles. The van der Waals surface area contributed by atoms with Gasteiger partial charge in [0.25, 0.3) is 0 Å². The van der Waals surface area contributed by atoms with Gasteiger partial charge in [0.05, 0.1) is 11.9 Å². The molecule has 0 unspecified atom stereocenters. The Bertz CT molecular complexity index is 171. The van der Waals surface area contributed by atoms with Crippen molar-refractivity contribution >= 4 is 0 Å². The van der Waals surface area contributed by atoms with E-state index in [2.05, 4.69) is 4.98 Å². The molecule has 3 nitrogen and oxygen atoms in total. The van der Waals surface area contributed by atoms with E-state index in [1.54, 1.807) is 24.4 Å². The van der Waals surface area contributed by atoms with Gasteiger partial charge in [0.1, 0.15) is 13.4 Å². The van der Waals surface area contributed by atoms with Crippen LogP contribution in [0.25, 0.3) is 0 Å². The molecule has 0 aromatic carbocycles. The maximum atomic E-state index is 4.79. The third-order valence-corrected chi connectivity index (χ3v) is 0.900. The highest BCUT2D eigenvalue weighted by Gasteiger charge is 1.86. The maximum Gasteiger partial charge on any atom is 0.132 e. The van der Waals surface area contributed by atoms with Crippen molar-refractivity contribution in [1.29, 1.82) is 0 Å². The predicted octanol–water partition coefficient (Wildman–Crippen LogP) is 0.250. The van der Waals surface area contributed by atoms with E-state index in [1.807, 2.05) is 6.92 Å². The Morgan fingerprint density at radius 2 is 2.50 bits per heavy atom. The molecule has 0 amide bonds. The summed E-state index contributed by atoms with van der Waals surface area (Å²) in [5.74, 6) is 0. The quantitative estimate of drug-likeness (QED) is 0.520. The number of hydrogen-bond acceptors (Lipinski definition) is 2. The van der Waals surface area contributed by atoms with E-state index in [4.69, 9.17) is 4.84 Å². The molecule has 3 heteroatoms. The summed E-state index contributed by atoms with van der Waals surface area (Å²) in [6.45, 7) is 1.91. The monoisotopic (exact) mass is 112 g/mol. The zero-order chi connectivity index (χ0) is 5.98. The zero-order valence-electron chi connectivity index (χ0n) is 4.96. The highest BCUT2D eigenvalue weighted by Crippen LogP contribution is 1.87. The molecule has 8 heavy (non-hydrogen) atoms. The molecule has 1 rings (SSSR count). The Labute approximate surface area is 47.9 Å². The molecule has 0 aliphatic heterocycles. The lowest BCUT2D eigenvalue weighted by atomic mass is 10.6. The molecular formula is C5H8N2O. The van der Waals surface area contributed by atoms with Crippen molar-refractivity contribution in [1.82, 2.24) is 9.71 Å². The van der Waals surface area contributed by atoms with Crippen LogP contribution in [0.1, 0.15) is 5.69 Å². The predicted molar refractivity (Wildman–Crippen MR) is 29.5 cm³/mol. The number of nitrogens with zero attached hydrogens (tertiary/aromatic N) is 2. The lowest BCUT2D eigenvalue weighted by molar-refractivity contribution is 0.166. The second-order valence-corrected chi connectivity index (χ2v) is 1.56. The summed E-state index contributed by atoms with van der Waals surface area (Å²) in [7, 11) is 1.60. The van der Waals surface area contributed by atoms with Crippen LogP contribution < -0.4 is 4.84 Å². The number of rotatable bonds is 1. The van der Waals surface area contributed by atoms with E-state index in [0.29, 0.717) is 0 Å². The molecule has 0 aliphatic rings. The molecule has 1 aromatic heterocycles. The minimum absolute atomic E-state index is 0.965. The Hall–Kier alpha value is -0.990. The summed E-state index contributed by atoms with van der Waals surface area (Å²) in [6.07, 6.45) is 3.43. The van der Waals surface area contributed by atoms with Crippen LogP contribution in [0.2, 0.25) is 0 Å². The molecule has 0 atom stereocenters. The minimum Gasteiger partial charge on any atom is -0.416 e. The topological polar surface area (TPSA) is 27.1 Å². The average Bonchev–Trinajstić information content (AvgIpc) is 2.14. The van der Waals surface area contributed by atoms with Gasteiger partial charge in [-0.3, -0.25) is 0 Å². The first-order valence-corrected chi connectivity index (χ1v) is 2.38. The Morgan fingerprint density at radius 1 is 1.75 bits per heavy atom. The van der Waals surface area contributed by atoms with E-state index >= 15 is 0 Å². The van der Waals surface area contributed by atoms with Gasteiger partial charge < -0.3 is 4.84 Å². The number of hydrogen-bond donors (Lipinski definition) is 0. The molecule has 0 spiro atoms. The van der Waals surface area contributed by atoms with Gasteiger partial charge in [-0.2, -0.15) is 4.73 Å². The first-order valence-electron chi connectivity index (χ1n) is 2.38. The minimum atomic E-state index is 0.965. The van der Waals surface area contributed by atoms with Gasteiger partial charge in [0.15, 0.2) is 0 Å². The highest BCUT2D eigenvalue weighted by atomic mass is 16.6.